The van der Waals surface area contributed by atoms with Gasteiger partial charge in [0.25, 0.3) is 5.91 Å². The molecule has 5 nitrogen and oxygen atoms in total. The Morgan fingerprint density at radius 2 is 1.81 bits per heavy atom. The molecule has 0 saturated carbocycles. The van der Waals surface area contributed by atoms with Gasteiger partial charge in [0.05, 0.1) is 6.54 Å². The van der Waals surface area contributed by atoms with Gasteiger partial charge >= 0.3 is 0 Å². The first-order chi connectivity index (χ1) is 13.1. The van der Waals surface area contributed by atoms with Crippen LogP contribution in [-0.2, 0) is 11.2 Å². The van der Waals surface area contributed by atoms with Crippen molar-refractivity contribution in [3.63, 3.8) is 0 Å². The molecule has 1 aliphatic heterocycles. The smallest absolute Gasteiger partial charge is 0.253 e. The molecule has 0 radical (unpaired) electrons. The van der Waals surface area contributed by atoms with E-state index in [4.69, 9.17) is 0 Å². The number of amides is 2. The van der Waals surface area contributed by atoms with Crippen LogP contribution in [0.5, 0.6) is 0 Å². The first-order valence-electron chi connectivity index (χ1n) is 9.60. The number of anilines is 2. The van der Waals surface area contributed by atoms with Crippen LogP contribution in [0.4, 0.5) is 11.4 Å². The number of hydrogen-bond donors (Lipinski definition) is 2. The van der Waals surface area contributed by atoms with Crippen molar-refractivity contribution in [2.75, 3.05) is 30.3 Å². The molecule has 0 aliphatic carbocycles. The monoisotopic (exact) mass is 365 g/mol. The summed E-state index contributed by atoms with van der Waals surface area (Å²) in [5.41, 5.74) is 4.51. The largest absolute Gasteiger partial charge is 0.376 e. The highest BCUT2D eigenvalue weighted by molar-refractivity contribution is 5.97. The molecule has 0 spiro atoms. The highest BCUT2D eigenvalue weighted by Gasteiger charge is 2.19. The normalized spacial score (nSPS) is 13.5. The summed E-state index contributed by atoms with van der Waals surface area (Å²) in [7, 11) is 0. The van der Waals surface area contributed by atoms with Crippen molar-refractivity contribution in [3.05, 3.63) is 59.2 Å². The van der Waals surface area contributed by atoms with Gasteiger partial charge in [-0.3, -0.25) is 9.59 Å². The first-order valence-corrected chi connectivity index (χ1v) is 9.60. The number of nitrogens with zero attached hydrogens (tertiary/aromatic N) is 1. The minimum atomic E-state index is -0.102. The maximum absolute atomic E-state index is 12.5. The molecule has 0 unspecified atom stereocenters. The fraction of sp³-hybridized carbons (Fsp3) is 0.364. The first kappa shape index (κ1) is 19.0. The van der Waals surface area contributed by atoms with Gasteiger partial charge in [-0.1, -0.05) is 31.2 Å². The maximum atomic E-state index is 12.5. The number of benzene rings is 2. The van der Waals surface area contributed by atoms with Crippen LogP contribution in [0.3, 0.4) is 0 Å². The van der Waals surface area contributed by atoms with E-state index in [1.807, 2.05) is 54.3 Å². The summed E-state index contributed by atoms with van der Waals surface area (Å²) in [4.78, 5) is 26.8. The molecule has 27 heavy (non-hydrogen) atoms. The summed E-state index contributed by atoms with van der Waals surface area (Å²) < 4.78 is 0. The summed E-state index contributed by atoms with van der Waals surface area (Å²) in [6.07, 6.45) is 3.01. The predicted molar refractivity (Wildman–Crippen MR) is 109 cm³/mol. The molecule has 2 N–H and O–H groups in total. The van der Waals surface area contributed by atoms with Crippen molar-refractivity contribution >= 4 is 23.2 Å². The quantitative estimate of drug-likeness (QED) is 0.817. The number of carbonyl (C=O) groups excluding carboxylic acids is 2. The number of carbonyl (C=O) groups is 2. The van der Waals surface area contributed by atoms with E-state index in [1.54, 1.807) is 0 Å². The van der Waals surface area contributed by atoms with Gasteiger partial charge in [-0.05, 0) is 55.5 Å². The summed E-state index contributed by atoms with van der Waals surface area (Å²) in [5.74, 6) is -0.0385. The van der Waals surface area contributed by atoms with E-state index in [0.717, 1.165) is 54.9 Å². The SMILES string of the molecule is CCc1cccc(C)c1NC(=O)CNc1cccc(C(=O)N2CCCC2)c1. The third-order valence-electron chi connectivity index (χ3n) is 4.96. The van der Waals surface area contributed by atoms with E-state index in [1.165, 1.54) is 0 Å². The zero-order chi connectivity index (χ0) is 19.2. The van der Waals surface area contributed by atoms with E-state index in [0.29, 0.717) is 5.56 Å². The Morgan fingerprint density at radius 1 is 1.07 bits per heavy atom. The molecule has 5 heteroatoms. The Morgan fingerprint density at radius 3 is 2.56 bits per heavy atom. The zero-order valence-electron chi connectivity index (χ0n) is 16.0. The molecule has 0 aromatic heterocycles. The van der Waals surface area contributed by atoms with E-state index < -0.39 is 0 Å². The molecule has 2 aromatic rings. The van der Waals surface area contributed by atoms with E-state index in [9.17, 15) is 9.59 Å². The van der Waals surface area contributed by atoms with E-state index in [2.05, 4.69) is 17.6 Å². The Balaban J connectivity index is 1.61. The molecule has 142 valence electrons. The van der Waals surface area contributed by atoms with Crippen molar-refractivity contribution < 1.29 is 9.59 Å². The molecule has 2 aromatic carbocycles. The van der Waals surface area contributed by atoms with Gasteiger partial charge in [-0.15, -0.1) is 0 Å². The van der Waals surface area contributed by atoms with Crippen LogP contribution in [0, 0.1) is 6.92 Å². The number of aryl methyl sites for hydroxylation is 2. The average molecular weight is 365 g/mol. The van der Waals surface area contributed by atoms with Gasteiger partial charge < -0.3 is 15.5 Å². The van der Waals surface area contributed by atoms with Gasteiger partial charge in [0.2, 0.25) is 5.91 Å². The van der Waals surface area contributed by atoms with Crippen molar-refractivity contribution in [1.29, 1.82) is 0 Å². The second-order valence-electron chi connectivity index (χ2n) is 6.94. The van der Waals surface area contributed by atoms with Gasteiger partial charge in [0.15, 0.2) is 0 Å². The summed E-state index contributed by atoms with van der Waals surface area (Å²) in [5, 5.41) is 6.13. The average Bonchev–Trinajstić information content (AvgIpc) is 3.22. The van der Waals surface area contributed by atoms with Gasteiger partial charge in [0.1, 0.15) is 0 Å². The maximum Gasteiger partial charge on any atom is 0.253 e. The number of hydrogen-bond acceptors (Lipinski definition) is 3. The Labute approximate surface area is 160 Å². The topological polar surface area (TPSA) is 61.4 Å². The Bertz CT molecular complexity index is 826. The van der Waals surface area contributed by atoms with Crippen LogP contribution in [0.1, 0.15) is 41.3 Å². The lowest BCUT2D eigenvalue weighted by atomic mass is 10.1. The highest BCUT2D eigenvalue weighted by Crippen LogP contribution is 2.21. The number of para-hydroxylation sites is 1. The van der Waals surface area contributed by atoms with Crippen LogP contribution < -0.4 is 10.6 Å². The van der Waals surface area contributed by atoms with Gasteiger partial charge in [0, 0.05) is 30.0 Å². The van der Waals surface area contributed by atoms with Crippen molar-refractivity contribution in [2.24, 2.45) is 0 Å². The van der Waals surface area contributed by atoms with Gasteiger partial charge in [-0.2, -0.15) is 0 Å². The summed E-state index contributed by atoms with van der Waals surface area (Å²) in [6.45, 7) is 5.88. The third kappa shape index (κ3) is 4.67. The van der Waals surface area contributed by atoms with Crippen LogP contribution >= 0.6 is 0 Å². The molecule has 0 atom stereocenters. The molecule has 3 rings (SSSR count). The fourth-order valence-electron chi connectivity index (χ4n) is 3.43. The second kappa shape index (κ2) is 8.71. The summed E-state index contributed by atoms with van der Waals surface area (Å²) >= 11 is 0. The van der Waals surface area contributed by atoms with Crippen LogP contribution in [0.25, 0.3) is 0 Å². The number of rotatable bonds is 6. The Hall–Kier alpha value is -2.82. The zero-order valence-corrected chi connectivity index (χ0v) is 16.0. The lowest BCUT2D eigenvalue weighted by Crippen LogP contribution is -2.27. The third-order valence-corrected chi connectivity index (χ3v) is 4.96. The molecule has 1 heterocycles. The molecule has 2 amide bonds. The lowest BCUT2D eigenvalue weighted by molar-refractivity contribution is -0.114. The molecule has 0 bridgehead atoms. The fourth-order valence-corrected chi connectivity index (χ4v) is 3.43. The summed E-state index contributed by atoms with van der Waals surface area (Å²) in [6, 6.07) is 13.4. The molecule has 1 fully saturated rings. The molecular formula is C22H27N3O2. The second-order valence-corrected chi connectivity index (χ2v) is 6.94. The molecule has 1 saturated heterocycles. The lowest BCUT2D eigenvalue weighted by Gasteiger charge is -2.16. The minimum absolute atomic E-state index is 0.0631. The van der Waals surface area contributed by atoms with E-state index in [-0.39, 0.29) is 18.4 Å². The van der Waals surface area contributed by atoms with Crippen molar-refractivity contribution in [2.45, 2.75) is 33.1 Å². The minimum Gasteiger partial charge on any atom is -0.376 e. The van der Waals surface area contributed by atoms with Crippen molar-refractivity contribution in [3.8, 4) is 0 Å². The molecular weight excluding hydrogens is 338 g/mol. The van der Waals surface area contributed by atoms with Gasteiger partial charge in [-0.25, -0.2) is 0 Å². The number of likely N-dealkylation sites (tertiary alicyclic amines) is 1. The predicted octanol–water partition coefficient (Wildman–Crippen LogP) is 3.84. The number of nitrogens with one attached hydrogen (secondary N) is 2. The Kier molecular flexibility index (Phi) is 6.12. The van der Waals surface area contributed by atoms with Crippen LogP contribution in [-0.4, -0.2) is 36.3 Å². The highest BCUT2D eigenvalue weighted by atomic mass is 16.2. The van der Waals surface area contributed by atoms with E-state index >= 15 is 0 Å². The van der Waals surface area contributed by atoms with Crippen LogP contribution in [0.15, 0.2) is 42.5 Å². The van der Waals surface area contributed by atoms with Crippen LogP contribution in [0.2, 0.25) is 0 Å². The molecule has 1 aliphatic rings. The standard InChI is InChI=1S/C22H27N3O2/c1-3-17-9-6-8-16(2)21(17)24-20(26)15-23-19-11-7-10-18(14-19)22(27)25-12-4-5-13-25/h6-11,14,23H,3-5,12-13,15H2,1-2H3,(H,24,26). The van der Waals surface area contributed by atoms with Crippen molar-refractivity contribution in [1.82, 2.24) is 4.90 Å².